The van der Waals surface area contributed by atoms with Crippen LogP contribution in [0.3, 0.4) is 0 Å². The van der Waals surface area contributed by atoms with Crippen LogP contribution in [0.25, 0.3) is 0 Å². The Morgan fingerprint density at radius 3 is 2.54 bits per heavy atom. The molecule has 2 saturated heterocycles. The molecular formula is C17H22N4O3. The lowest BCUT2D eigenvalue weighted by molar-refractivity contribution is -0.117. The molecule has 3 rings (SSSR count). The van der Waals surface area contributed by atoms with E-state index in [0.717, 1.165) is 12.1 Å². The Labute approximate surface area is 140 Å². The molecule has 2 aliphatic rings. The van der Waals surface area contributed by atoms with E-state index in [1.807, 2.05) is 12.1 Å². The number of urea groups is 1. The molecule has 24 heavy (non-hydrogen) atoms. The maximum absolute atomic E-state index is 12.7. The number of carbonyl (C=O) groups is 3. The zero-order valence-electron chi connectivity index (χ0n) is 13.5. The molecule has 7 nitrogen and oxygen atoms in total. The number of likely N-dealkylation sites (tertiary alicyclic amines) is 1. The van der Waals surface area contributed by atoms with E-state index in [-0.39, 0.29) is 17.9 Å². The Balaban J connectivity index is 1.65. The minimum Gasteiger partial charge on any atom is -0.352 e. The first-order chi connectivity index (χ1) is 11.5. The summed E-state index contributed by atoms with van der Waals surface area (Å²) >= 11 is 0. The summed E-state index contributed by atoms with van der Waals surface area (Å²) in [5.41, 5.74) is 6.51. The van der Waals surface area contributed by atoms with Gasteiger partial charge >= 0.3 is 6.03 Å². The van der Waals surface area contributed by atoms with Gasteiger partial charge in [-0.3, -0.25) is 9.59 Å². The molecule has 2 fully saturated rings. The molecule has 0 atom stereocenters. The lowest BCUT2D eigenvalue weighted by Gasteiger charge is -2.32. The molecule has 1 aromatic carbocycles. The van der Waals surface area contributed by atoms with Crippen molar-refractivity contribution in [3.63, 3.8) is 0 Å². The molecule has 2 heterocycles. The molecule has 7 heteroatoms. The third kappa shape index (κ3) is 3.50. The molecule has 0 saturated carbocycles. The highest BCUT2D eigenvalue weighted by molar-refractivity contribution is 5.99. The highest BCUT2D eigenvalue weighted by atomic mass is 16.2. The van der Waals surface area contributed by atoms with Crippen molar-refractivity contribution >= 4 is 23.5 Å². The van der Waals surface area contributed by atoms with Crippen LogP contribution in [-0.2, 0) is 4.79 Å². The summed E-state index contributed by atoms with van der Waals surface area (Å²) in [7, 11) is 0. The molecule has 0 radical (unpaired) electrons. The standard InChI is InChI=1S/C17H22N4O3/c18-17(24)19-13-6-9-20(10-7-13)16(23)12-3-1-4-14(11-12)21-8-2-5-15(21)22/h1,3-4,11,13H,2,5-10H2,(H3,18,19,24). The second-order valence-corrected chi connectivity index (χ2v) is 6.27. The Bertz CT molecular complexity index is 653. The van der Waals surface area contributed by atoms with E-state index >= 15 is 0 Å². The van der Waals surface area contributed by atoms with Gasteiger partial charge in [0.25, 0.3) is 5.91 Å². The monoisotopic (exact) mass is 330 g/mol. The Hall–Kier alpha value is -2.57. The van der Waals surface area contributed by atoms with Gasteiger partial charge in [0.2, 0.25) is 5.91 Å². The van der Waals surface area contributed by atoms with Crippen molar-refractivity contribution in [1.29, 1.82) is 0 Å². The molecule has 0 spiro atoms. The summed E-state index contributed by atoms with van der Waals surface area (Å²) in [5.74, 6) is 0.0685. The zero-order valence-corrected chi connectivity index (χ0v) is 13.5. The van der Waals surface area contributed by atoms with Crippen LogP contribution in [0.5, 0.6) is 0 Å². The predicted molar refractivity (Wildman–Crippen MR) is 89.7 cm³/mol. The summed E-state index contributed by atoms with van der Waals surface area (Å²) in [6.07, 6.45) is 2.81. The first-order valence-corrected chi connectivity index (χ1v) is 8.30. The van der Waals surface area contributed by atoms with E-state index in [0.29, 0.717) is 44.5 Å². The van der Waals surface area contributed by atoms with Crippen molar-refractivity contribution in [2.75, 3.05) is 24.5 Å². The average molecular weight is 330 g/mol. The number of nitrogens with zero attached hydrogens (tertiary/aromatic N) is 2. The number of carbonyl (C=O) groups excluding carboxylic acids is 3. The van der Waals surface area contributed by atoms with Crippen molar-refractivity contribution in [2.45, 2.75) is 31.7 Å². The normalized spacial score (nSPS) is 18.8. The first-order valence-electron chi connectivity index (χ1n) is 8.30. The third-order valence-electron chi connectivity index (χ3n) is 4.61. The topological polar surface area (TPSA) is 95.7 Å². The van der Waals surface area contributed by atoms with Crippen LogP contribution in [0.2, 0.25) is 0 Å². The lowest BCUT2D eigenvalue weighted by atomic mass is 10.0. The Kier molecular flexibility index (Phi) is 4.69. The van der Waals surface area contributed by atoms with Gasteiger partial charge in [-0.1, -0.05) is 6.07 Å². The predicted octanol–water partition coefficient (Wildman–Crippen LogP) is 1.09. The first kappa shape index (κ1) is 16.3. The van der Waals surface area contributed by atoms with E-state index < -0.39 is 6.03 Å². The number of anilines is 1. The summed E-state index contributed by atoms with van der Waals surface area (Å²) in [5, 5.41) is 2.69. The van der Waals surface area contributed by atoms with Crippen LogP contribution in [0.1, 0.15) is 36.0 Å². The van der Waals surface area contributed by atoms with Crippen molar-refractivity contribution in [2.24, 2.45) is 5.73 Å². The van der Waals surface area contributed by atoms with Gasteiger partial charge in [0.05, 0.1) is 0 Å². The van der Waals surface area contributed by atoms with Crippen molar-refractivity contribution in [3.05, 3.63) is 29.8 Å². The zero-order chi connectivity index (χ0) is 17.1. The van der Waals surface area contributed by atoms with E-state index in [2.05, 4.69) is 5.32 Å². The number of nitrogens with one attached hydrogen (secondary N) is 1. The van der Waals surface area contributed by atoms with Gasteiger partial charge in [-0.05, 0) is 37.5 Å². The number of rotatable bonds is 3. The van der Waals surface area contributed by atoms with Crippen LogP contribution in [0, 0.1) is 0 Å². The highest BCUT2D eigenvalue weighted by Gasteiger charge is 2.26. The maximum Gasteiger partial charge on any atom is 0.312 e. The molecule has 1 aromatic rings. The summed E-state index contributed by atoms with van der Waals surface area (Å²) in [6.45, 7) is 1.87. The van der Waals surface area contributed by atoms with E-state index in [1.54, 1.807) is 21.9 Å². The molecule has 0 unspecified atom stereocenters. The second kappa shape index (κ2) is 6.90. The van der Waals surface area contributed by atoms with Crippen molar-refractivity contribution in [1.82, 2.24) is 10.2 Å². The highest BCUT2D eigenvalue weighted by Crippen LogP contribution is 2.23. The van der Waals surface area contributed by atoms with Gasteiger partial charge in [-0.15, -0.1) is 0 Å². The molecule has 0 aliphatic carbocycles. The maximum atomic E-state index is 12.7. The number of benzene rings is 1. The SMILES string of the molecule is NC(=O)NC1CCN(C(=O)c2cccc(N3CCCC3=O)c2)CC1. The fourth-order valence-electron chi connectivity index (χ4n) is 3.34. The Morgan fingerprint density at radius 1 is 1.17 bits per heavy atom. The smallest absolute Gasteiger partial charge is 0.312 e. The van der Waals surface area contributed by atoms with Gasteiger partial charge in [0, 0.05) is 43.3 Å². The molecule has 2 aliphatic heterocycles. The number of amides is 4. The van der Waals surface area contributed by atoms with E-state index in [9.17, 15) is 14.4 Å². The minimum absolute atomic E-state index is 0.0279. The fraction of sp³-hybridized carbons (Fsp3) is 0.471. The van der Waals surface area contributed by atoms with Gasteiger partial charge in [0.1, 0.15) is 0 Å². The van der Waals surface area contributed by atoms with Crippen LogP contribution >= 0.6 is 0 Å². The Morgan fingerprint density at radius 2 is 1.92 bits per heavy atom. The number of piperidine rings is 1. The van der Waals surface area contributed by atoms with Gasteiger partial charge in [-0.2, -0.15) is 0 Å². The molecule has 0 bridgehead atoms. The summed E-state index contributed by atoms with van der Waals surface area (Å²) in [4.78, 5) is 39.0. The summed E-state index contributed by atoms with van der Waals surface area (Å²) in [6, 6.07) is 6.75. The largest absolute Gasteiger partial charge is 0.352 e. The minimum atomic E-state index is -0.525. The van der Waals surface area contributed by atoms with Crippen LogP contribution in [0.4, 0.5) is 10.5 Å². The number of hydrogen-bond acceptors (Lipinski definition) is 3. The van der Waals surface area contributed by atoms with E-state index in [1.165, 1.54) is 0 Å². The fourth-order valence-corrected chi connectivity index (χ4v) is 3.34. The second-order valence-electron chi connectivity index (χ2n) is 6.27. The van der Waals surface area contributed by atoms with Crippen molar-refractivity contribution < 1.29 is 14.4 Å². The van der Waals surface area contributed by atoms with Gasteiger partial charge in [0.15, 0.2) is 0 Å². The number of primary amides is 1. The third-order valence-corrected chi connectivity index (χ3v) is 4.61. The summed E-state index contributed by atoms with van der Waals surface area (Å²) < 4.78 is 0. The molecule has 0 aromatic heterocycles. The quantitative estimate of drug-likeness (QED) is 0.868. The van der Waals surface area contributed by atoms with Crippen LogP contribution < -0.4 is 16.0 Å². The molecule has 3 N–H and O–H groups in total. The van der Waals surface area contributed by atoms with Crippen molar-refractivity contribution in [3.8, 4) is 0 Å². The van der Waals surface area contributed by atoms with E-state index in [4.69, 9.17) is 5.73 Å². The van der Waals surface area contributed by atoms with Crippen LogP contribution in [0.15, 0.2) is 24.3 Å². The number of nitrogens with two attached hydrogens (primary N) is 1. The molecule has 128 valence electrons. The van der Waals surface area contributed by atoms with Crippen LogP contribution in [-0.4, -0.2) is 48.4 Å². The lowest BCUT2D eigenvalue weighted by Crippen LogP contribution is -2.47. The van der Waals surface area contributed by atoms with Gasteiger partial charge < -0.3 is 20.9 Å². The molecular weight excluding hydrogens is 308 g/mol. The number of hydrogen-bond donors (Lipinski definition) is 2. The molecule has 4 amide bonds. The van der Waals surface area contributed by atoms with Gasteiger partial charge in [-0.25, -0.2) is 4.79 Å². The average Bonchev–Trinajstić information content (AvgIpc) is 3.00.